The summed E-state index contributed by atoms with van der Waals surface area (Å²) in [5, 5.41) is 3.58. The van der Waals surface area contributed by atoms with Crippen molar-refractivity contribution in [3.63, 3.8) is 0 Å². The topological polar surface area (TPSA) is 43.3 Å². The fourth-order valence-corrected chi connectivity index (χ4v) is 4.38. The van der Waals surface area contributed by atoms with Crippen molar-refractivity contribution in [1.82, 2.24) is 20.0 Å². The maximum atomic E-state index is 6.10. The number of guanidine groups is 1. The van der Waals surface area contributed by atoms with Crippen LogP contribution in [0.2, 0.25) is 0 Å². The van der Waals surface area contributed by atoms with Crippen LogP contribution in [0.25, 0.3) is 0 Å². The second kappa shape index (κ2) is 11.0. The second-order valence-corrected chi connectivity index (χ2v) is 8.49. The minimum absolute atomic E-state index is 0.108. The Hall–Kier alpha value is -1.63. The molecule has 1 aromatic carbocycles. The van der Waals surface area contributed by atoms with E-state index in [0.717, 1.165) is 45.2 Å². The van der Waals surface area contributed by atoms with Crippen molar-refractivity contribution in [3.8, 4) is 0 Å². The van der Waals surface area contributed by atoms with E-state index in [-0.39, 0.29) is 6.10 Å². The number of rotatable bonds is 5. The number of nitrogens with zero attached hydrogens (tertiary/aromatic N) is 4. The first-order valence-electron chi connectivity index (χ1n) is 11.1. The number of hydrogen-bond acceptors (Lipinski definition) is 4. The molecule has 6 nitrogen and oxygen atoms in total. The Morgan fingerprint density at radius 2 is 2.03 bits per heavy atom. The Morgan fingerprint density at radius 1 is 1.17 bits per heavy atom. The molecule has 1 unspecified atom stereocenters. The molecular weight excluding hydrogens is 362 g/mol. The first-order chi connectivity index (χ1) is 14.1. The molecule has 2 heterocycles. The molecule has 2 saturated heterocycles. The smallest absolute Gasteiger partial charge is 0.193 e. The van der Waals surface area contributed by atoms with E-state index < -0.39 is 0 Å². The average molecular weight is 402 g/mol. The minimum Gasteiger partial charge on any atom is -0.370 e. The van der Waals surface area contributed by atoms with Crippen molar-refractivity contribution < 1.29 is 4.74 Å². The van der Waals surface area contributed by atoms with Crippen molar-refractivity contribution in [3.05, 3.63) is 34.9 Å². The van der Waals surface area contributed by atoms with Gasteiger partial charge in [0.05, 0.1) is 13.2 Å². The van der Waals surface area contributed by atoms with Crippen molar-refractivity contribution >= 4 is 5.96 Å². The molecule has 0 spiro atoms. The van der Waals surface area contributed by atoms with Gasteiger partial charge in [-0.2, -0.15) is 0 Å². The van der Waals surface area contributed by atoms with Crippen molar-refractivity contribution in [2.24, 2.45) is 4.99 Å². The molecular formula is C23H39N5O. The zero-order valence-corrected chi connectivity index (χ0v) is 18.8. The molecule has 0 aromatic heterocycles. The van der Waals surface area contributed by atoms with Gasteiger partial charge in [0.25, 0.3) is 0 Å². The first kappa shape index (κ1) is 22.1. The summed E-state index contributed by atoms with van der Waals surface area (Å²) in [6.07, 6.45) is 2.53. The van der Waals surface area contributed by atoms with Crippen molar-refractivity contribution in [2.45, 2.75) is 32.8 Å². The van der Waals surface area contributed by atoms with Crippen LogP contribution in [-0.4, -0.2) is 93.7 Å². The standard InChI is InChI=1S/C23H39N5O/c1-19-7-8-21(20(2)17-19)22-18-28(15-16-29-22)23(24-3)25-9-5-11-27-12-6-10-26(4)13-14-27/h7-8,17,22H,5-6,9-16,18H2,1-4H3,(H,24,25). The van der Waals surface area contributed by atoms with Crippen LogP contribution in [0.5, 0.6) is 0 Å². The predicted molar refractivity (Wildman–Crippen MR) is 121 cm³/mol. The Balaban J connectivity index is 1.47. The molecule has 0 saturated carbocycles. The highest BCUT2D eigenvalue weighted by molar-refractivity contribution is 5.80. The van der Waals surface area contributed by atoms with Crippen molar-refractivity contribution in [2.75, 3.05) is 73.1 Å². The lowest BCUT2D eigenvalue weighted by molar-refractivity contribution is -0.00832. The van der Waals surface area contributed by atoms with E-state index in [0.29, 0.717) is 0 Å². The molecule has 3 rings (SSSR count). The fraction of sp³-hybridized carbons (Fsp3) is 0.696. The third-order valence-electron chi connectivity index (χ3n) is 6.10. The van der Waals surface area contributed by atoms with Gasteiger partial charge in [-0.15, -0.1) is 0 Å². The van der Waals surface area contributed by atoms with Gasteiger partial charge in [-0.1, -0.05) is 23.8 Å². The van der Waals surface area contributed by atoms with E-state index in [4.69, 9.17) is 4.74 Å². The largest absolute Gasteiger partial charge is 0.370 e. The van der Waals surface area contributed by atoms with E-state index in [9.17, 15) is 0 Å². The van der Waals surface area contributed by atoms with Crippen molar-refractivity contribution in [1.29, 1.82) is 0 Å². The Morgan fingerprint density at radius 3 is 2.83 bits per heavy atom. The number of benzene rings is 1. The maximum Gasteiger partial charge on any atom is 0.193 e. The van der Waals surface area contributed by atoms with Gasteiger partial charge in [0, 0.05) is 33.2 Å². The van der Waals surface area contributed by atoms with Crippen LogP contribution < -0.4 is 5.32 Å². The first-order valence-corrected chi connectivity index (χ1v) is 11.1. The highest BCUT2D eigenvalue weighted by Gasteiger charge is 2.25. The maximum absolute atomic E-state index is 6.10. The number of morpholine rings is 1. The lowest BCUT2D eigenvalue weighted by atomic mass is 10.00. The quantitative estimate of drug-likeness (QED) is 0.466. The molecule has 0 bridgehead atoms. The van der Waals surface area contributed by atoms with Crippen LogP contribution in [0.4, 0.5) is 0 Å². The molecule has 2 aliphatic heterocycles. The monoisotopic (exact) mass is 401 g/mol. The Kier molecular flexibility index (Phi) is 8.33. The van der Waals surface area contributed by atoms with Gasteiger partial charge in [0.1, 0.15) is 6.10 Å². The SMILES string of the molecule is CN=C(NCCCN1CCCN(C)CC1)N1CCOC(c2ccc(C)cc2C)C1. The molecule has 1 aromatic rings. The highest BCUT2D eigenvalue weighted by Crippen LogP contribution is 2.25. The van der Waals surface area contributed by atoms with Gasteiger partial charge >= 0.3 is 0 Å². The summed E-state index contributed by atoms with van der Waals surface area (Å²) in [6, 6.07) is 6.64. The highest BCUT2D eigenvalue weighted by atomic mass is 16.5. The van der Waals surface area contributed by atoms with E-state index >= 15 is 0 Å². The molecule has 0 radical (unpaired) electrons. The van der Waals surface area contributed by atoms with Gasteiger partial charge in [0.15, 0.2) is 5.96 Å². The average Bonchev–Trinajstić information content (AvgIpc) is 2.92. The zero-order chi connectivity index (χ0) is 20.6. The molecule has 162 valence electrons. The second-order valence-electron chi connectivity index (χ2n) is 8.49. The summed E-state index contributed by atoms with van der Waals surface area (Å²) in [7, 11) is 4.11. The molecule has 0 amide bonds. The summed E-state index contributed by atoms with van der Waals surface area (Å²) < 4.78 is 6.10. The molecule has 1 N–H and O–H groups in total. The van der Waals surface area contributed by atoms with Gasteiger partial charge in [-0.25, -0.2) is 0 Å². The van der Waals surface area contributed by atoms with E-state index in [2.05, 4.69) is 64.1 Å². The van der Waals surface area contributed by atoms with Gasteiger partial charge in [0.2, 0.25) is 0 Å². The molecule has 0 aliphatic carbocycles. The van der Waals surface area contributed by atoms with E-state index in [1.165, 1.54) is 49.3 Å². The number of likely N-dealkylation sites (N-methyl/N-ethyl adjacent to an activating group) is 1. The number of hydrogen-bond donors (Lipinski definition) is 1. The van der Waals surface area contributed by atoms with E-state index in [1.807, 2.05) is 7.05 Å². The summed E-state index contributed by atoms with van der Waals surface area (Å²) >= 11 is 0. The molecule has 6 heteroatoms. The number of aryl methyl sites for hydroxylation is 2. The molecule has 29 heavy (non-hydrogen) atoms. The van der Waals surface area contributed by atoms with Crippen LogP contribution in [0.15, 0.2) is 23.2 Å². The van der Waals surface area contributed by atoms with Crippen LogP contribution in [0, 0.1) is 13.8 Å². The normalized spacial score (nSPS) is 22.6. The summed E-state index contributed by atoms with van der Waals surface area (Å²) in [5.74, 6) is 0.999. The van der Waals surface area contributed by atoms with Gasteiger partial charge < -0.3 is 24.8 Å². The molecule has 2 fully saturated rings. The summed E-state index contributed by atoms with van der Waals surface area (Å²) in [4.78, 5) is 11.9. The van der Waals surface area contributed by atoms with E-state index in [1.54, 1.807) is 0 Å². The minimum atomic E-state index is 0.108. The Labute approximate surface area is 176 Å². The van der Waals surface area contributed by atoms with Crippen LogP contribution in [-0.2, 0) is 4.74 Å². The lowest BCUT2D eigenvalue weighted by Gasteiger charge is -2.36. The van der Waals surface area contributed by atoms with Gasteiger partial charge in [-0.05, 0) is 64.5 Å². The number of nitrogens with one attached hydrogen (secondary N) is 1. The zero-order valence-electron chi connectivity index (χ0n) is 18.8. The van der Waals surface area contributed by atoms with Gasteiger partial charge in [-0.3, -0.25) is 4.99 Å². The van der Waals surface area contributed by atoms with Crippen LogP contribution in [0.3, 0.4) is 0 Å². The number of aliphatic imine (C=N–C) groups is 1. The fourth-order valence-electron chi connectivity index (χ4n) is 4.38. The third kappa shape index (κ3) is 6.43. The number of ether oxygens (including phenoxy) is 1. The summed E-state index contributed by atoms with van der Waals surface area (Å²) in [5.41, 5.74) is 3.90. The van der Waals surface area contributed by atoms with Crippen LogP contribution >= 0.6 is 0 Å². The predicted octanol–water partition coefficient (Wildman–Crippen LogP) is 2.28. The lowest BCUT2D eigenvalue weighted by Crippen LogP contribution is -2.48. The molecule has 1 atom stereocenters. The third-order valence-corrected chi connectivity index (χ3v) is 6.10. The summed E-state index contributed by atoms with van der Waals surface area (Å²) in [6.45, 7) is 13.7. The molecule has 2 aliphatic rings. The Bertz CT molecular complexity index is 677. The van der Waals surface area contributed by atoms with Crippen LogP contribution in [0.1, 0.15) is 35.6 Å².